The smallest absolute Gasteiger partial charge is 0.231 e. The molecule has 2 heterocycles. The summed E-state index contributed by atoms with van der Waals surface area (Å²) in [5.41, 5.74) is 2.76. The van der Waals surface area contributed by atoms with Gasteiger partial charge in [0.25, 0.3) is 0 Å². The van der Waals surface area contributed by atoms with Crippen molar-refractivity contribution in [3.63, 3.8) is 0 Å². The minimum Gasteiger partial charge on any atom is -0.493 e. The lowest BCUT2D eigenvalue weighted by Crippen LogP contribution is -2.12. The van der Waals surface area contributed by atoms with Gasteiger partial charge in [0.15, 0.2) is 28.1 Å². The third kappa shape index (κ3) is 4.18. The van der Waals surface area contributed by atoms with E-state index >= 15 is 0 Å². The molecule has 156 valence electrons. The fourth-order valence-corrected chi connectivity index (χ4v) is 4.09. The molecule has 1 amide bonds. The highest BCUT2D eigenvalue weighted by atomic mass is 32.1. The van der Waals surface area contributed by atoms with Gasteiger partial charge < -0.3 is 24.3 Å². The molecule has 1 aromatic heterocycles. The monoisotopic (exact) mass is 426 g/mol. The molecule has 8 heteroatoms. The Balaban J connectivity index is 1.40. The summed E-state index contributed by atoms with van der Waals surface area (Å²) in [6.07, 6.45) is 0.930. The van der Waals surface area contributed by atoms with E-state index in [1.165, 1.54) is 11.3 Å². The topological polar surface area (TPSA) is 78.9 Å². The average Bonchev–Trinajstić information content (AvgIpc) is 3.37. The van der Waals surface area contributed by atoms with Gasteiger partial charge in [0.2, 0.25) is 12.7 Å². The molecule has 0 radical (unpaired) electrons. The van der Waals surface area contributed by atoms with Crippen LogP contribution < -0.4 is 24.3 Å². The Morgan fingerprint density at radius 1 is 1.10 bits per heavy atom. The highest BCUT2D eigenvalue weighted by Gasteiger charge is 2.17. The van der Waals surface area contributed by atoms with E-state index in [4.69, 9.17) is 18.9 Å². The molecule has 0 bridgehead atoms. The maximum Gasteiger partial charge on any atom is 0.231 e. The van der Waals surface area contributed by atoms with Gasteiger partial charge in [-0.15, -0.1) is 11.3 Å². The summed E-state index contributed by atoms with van der Waals surface area (Å²) in [6, 6.07) is 11.4. The Morgan fingerprint density at radius 3 is 2.70 bits per heavy atom. The number of benzene rings is 2. The number of nitrogens with one attached hydrogen (secondary N) is 1. The van der Waals surface area contributed by atoms with Gasteiger partial charge in [0.1, 0.15) is 0 Å². The van der Waals surface area contributed by atoms with Crippen LogP contribution in [0.5, 0.6) is 23.0 Å². The third-order valence-electron chi connectivity index (χ3n) is 4.78. The summed E-state index contributed by atoms with van der Waals surface area (Å²) in [6.45, 7) is 2.22. The molecular formula is C22H22N2O5S. The lowest BCUT2D eigenvalue weighted by atomic mass is 10.1. The molecule has 1 N–H and O–H groups in total. The van der Waals surface area contributed by atoms with E-state index in [1.54, 1.807) is 14.2 Å². The van der Waals surface area contributed by atoms with Crippen molar-refractivity contribution >= 4 is 22.4 Å². The Kier molecular flexibility index (Phi) is 5.76. The predicted octanol–water partition coefficient (Wildman–Crippen LogP) is 4.44. The van der Waals surface area contributed by atoms with Crippen LogP contribution in [0.1, 0.15) is 16.9 Å². The van der Waals surface area contributed by atoms with Crippen LogP contribution in [0, 0.1) is 6.92 Å². The lowest BCUT2D eigenvalue weighted by Gasteiger charge is -2.09. The molecule has 4 rings (SSSR count). The zero-order valence-electron chi connectivity index (χ0n) is 17.0. The Morgan fingerprint density at radius 2 is 1.90 bits per heavy atom. The molecule has 3 aromatic rings. The van der Waals surface area contributed by atoms with E-state index in [0.717, 1.165) is 27.4 Å². The first-order valence-electron chi connectivity index (χ1n) is 9.45. The summed E-state index contributed by atoms with van der Waals surface area (Å²) in [7, 11) is 3.19. The van der Waals surface area contributed by atoms with Crippen molar-refractivity contribution in [1.82, 2.24) is 4.98 Å². The van der Waals surface area contributed by atoms with Gasteiger partial charge in [0.05, 0.1) is 19.9 Å². The minimum absolute atomic E-state index is 0.0872. The zero-order chi connectivity index (χ0) is 21.1. The number of aromatic nitrogens is 1. The molecule has 1 aliphatic rings. The van der Waals surface area contributed by atoms with Gasteiger partial charge in [-0.3, -0.25) is 4.79 Å². The van der Waals surface area contributed by atoms with Gasteiger partial charge in [-0.25, -0.2) is 4.98 Å². The van der Waals surface area contributed by atoms with Crippen LogP contribution in [0.15, 0.2) is 36.4 Å². The van der Waals surface area contributed by atoms with Crippen molar-refractivity contribution in [3.05, 3.63) is 46.8 Å². The predicted molar refractivity (Wildman–Crippen MR) is 115 cm³/mol. The number of anilines is 1. The molecule has 0 atom stereocenters. The third-order valence-corrected chi connectivity index (χ3v) is 5.66. The first kappa shape index (κ1) is 20.0. The number of rotatable bonds is 7. The Hall–Kier alpha value is -3.26. The van der Waals surface area contributed by atoms with Gasteiger partial charge >= 0.3 is 0 Å². The van der Waals surface area contributed by atoms with Crippen molar-refractivity contribution in [2.45, 2.75) is 19.8 Å². The summed E-state index contributed by atoms with van der Waals surface area (Å²) >= 11 is 1.45. The van der Waals surface area contributed by atoms with Crippen molar-refractivity contribution in [3.8, 4) is 34.3 Å². The lowest BCUT2D eigenvalue weighted by molar-refractivity contribution is -0.116. The van der Waals surface area contributed by atoms with Gasteiger partial charge in [-0.1, -0.05) is 6.07 Å². The first-order chi connectivity index (χ1) is 14.6. The minimum atomic E-state index is -0.0872. The molecule has 1 aliphatic heterocycles. The molecule has 0 aliphatic carbocycles. The molecule has 0 fully saturated rings. The highest BCUT2D eigenvalue weighted by Crippen LogP contribution is 2.38. The molecule has 2 aromatic carbocycles. The largest absolute Gasteiger partial charge is 0.493 e. The second-order valence-electron chi connectivity index (χ2n) is 6.73. The van der Waals surface area contributed by atoms with E-state index in [9.17, 15) is 4.79 Å². The number of nitrogens with zero attached hydrogens (tertiary/aromatic N) is 1. The number of thiazole rings is 1. The van der Waals surface area contributed by atoms with Crippen LogP contribution in [0.4, 0.5) is 5.13 Å². The summed E-state index contributed by atoms with van der Waals surface area (Å²) < 4.78 is 21.4. The summed E-state index contributed by atoms with van der Waals surface area (Å²) in [4.78, 5) is 18.1. The fourth-order valence-electron chi connectivity index (χ4n) is 3.24. The Bertz CT molecular complexity index is 1080. The van der Waals surface area contributed by atoms with E-state index < -0.39 is 0 Å². The number of methoxy groups -OCH3 is 2. The molecule has 7 nitrogen and oxygen atoms in total. The molecule has 0 unspecified atom stereocenters. The van der Waals surface area contributed by atoms with E-state index in [2.05, 4.69) is 10.3 Å². The van der Waals surface area contributed by atoms with Crippen LogP contribution in [0.2, 0.25) is 0 Å². The van der Waals surface area contributed by atoms with Crippen molar-refractivity contribution in [1.29, 1.82) is 0 Å². The number of hydrogen-bond acceptors (Lipinski definition) is 7. The molecule has 0 saturated carbocycles. The number of carbonyl (C=O) groups is 1. The number of ether oxygens (including phenoxy) is 4. The van der Waals surface area contributed by atoms with Crippen LogP contribution in [0.25, 0.3) is 11.3 Å². The van der Waals surface area contributed by atoms with Crippen LogP contribution in [0.3, 0.4) is 0 Å². The van der Waals surface area contributed by atoms with Crippen molar-refractivity contribution < 1.29 is 23.7 Å². The summed E-state index contributed by atoms with van der Waals surface area (Å²) in [5, 5.41) is 3.48. The zero-order valence-corrected chi connectivity index (χ0v) is 17.8. The molecule has 30 heavy (non-hydrogen) atoms. The van der Waals surface area contributed by atoms with Crippen LogP contribution in [-0.4, -0.2) is 31.9 Å². The van der Waals surface area contributed by atoms with Crippen molar-refractivity contribution in [2.75, 3.05) is 26.3 Å². The average molecular weight is 426 g/mol. The molecule has 0 saturated heterocycles. The van der Waals surface area contributed by atoms with E-state index in [-0.39, 0.29) is 12.7 Å². The number of aryl methyl sites for hydroxylation is 2. The molecular weight excluding hydrogens is 404 g/mol. The van der Waals surface area contributed by atoms with Gasteiger partial charge in [-0.2, -0.15) is 0 Å². The first-order valence-corrected chi connectivity index (χ1v) is 10.3. The van der Waals surface area contributed by atoms with Gasteiger partial charge in [-0.05, 0) is 49.2 Å². The molecule has 0 spiro atoms. The Labute approximate surface area is 178 Å². The number of carbonyl (C=O) groups excluding carboxylic acids is 1. The number of amides is 1. The maximum absolute atomic E-state index is 12.4. The maximum atomic E-state index is 12.4. The van der Waals surface area contributed by atoms with Crippen LogP contribution in [-0.2, 0) is 11.2 Å². The van der Waals surface area contributed by atoms with E-state index in [0.29, 0.717) is 35.2 Å². The van der Waals surface area contributed by atoms with E-state index in [1.807, 2.05) is 43.3 Å². The normalized spacial score (nSPS) is 12.0. The summed E-state index contributed by atoms with van der Waals surface area (Å²) in [5.74, 6) is 2.67. The van der Waals surface area contributed by atoms with Crippen molar-refractivity contribution in [2.24, 2.45) is 0 Å². The SMILES string of the molecule is COc1ccc(CCC(=O)Nc2nc(-c3ccc4c(c3)OCO4)c(C)s2)cc1OC. The fraction of sp³-hybridized carbons (Fsp3) is 0.273. The number of hydrogen-bond donors (Lipinski definition) is 1. The van der Waals surface area contributed by atoms with Gasteiger partial charge in [0, 0.05) is 16.9 Å². The van der Waals surface area contributed by atoms with Crippen LogP contribution >= 0.6 is 11.3 Å². The second kappa shape index (κ2) is 8.62. The number of fused-ring (bicyclic) bond motifs is 1. The highest BCUT2D eigenvalue weighted by molar-refractivity contribution is 7.16. The second-order valence-corrected chi connectivity index (χ2v) is 7.93. The standard InChI is InChI=1S/C22H22N2O5S/c1-13-21(15-6-8-17-19(11-15)29-12-28-17)24-22(30-13)23-20(25)9-5-14-4-7-16(26-2)18(10-14)27-3/h4,6-8,10-11H,5,9,12H2,1-3H3,(H,23,24,25). The quantitative estimate of drug-likeness (QED) is 0.602.